The Morgan fingerprint density at radius 2 is 2.12 bits per heavy atom. The van der Waals surface area contributed by atoms with Gasteiger partial charge in [-0.15, -0.1) is 0 Å². The third-order valence-electron chi connectivity index (χ3n) is 2.24. The Balaban J connectivity index is 3.03. The highest BCUT2D eigenvalue weighted by Gasteiger charge is 2.17. The fourth-order valence-corrected chi connectivity index (χ4v) is 1.32. The van der Waals surface area contributed by atoms with Crippen molar-refractivity contribution in [3.63, 3.8) is 0 Å². The lowest BCUT2D eigenvalue weighted by atomic mass is 10.1. The number of halogens is 1. The molecule has 16 heavy (non-hydrogen) atoms. The molecule has 0 aromatic heterocycles. The quantitative estimate of drug-likeness (QED) is 0.626. The fraction of sp³-hybridized carbons (Fsp3) is 0.417. The number of carbonyl (C=O) groups is 1. The first-order chi connectivity index (χ1) is 7.35. The van der Waals surface area contributed by atoms with E-state index in [0.29, 0.717) is 17.0 Å². The molecule has 0 fully saturated rings. The van der Waals surface area contributed by atoms with Gasteiger partial charge in [-0.1, -0.05) is 0 Å². The fourth-order valence-electron chi connectivity index (χ4n) is 1.24. The molecule has 0 saturated carbocycles. The molecule has 0 atom stereocenters. The zero-order valence-electron chi connectivity index (χ0n) is 9.67. The molecule has 0 amide bonds. The second kappa shape index (κ2) is 4.87. The van der Waals surface area contributed by atoms with Crippen LogP contribution in [0.4, 0.5) is 10.1 Å². The van der Waals surface area contributed by atoms with Crippen molar-refractivity contribution in [3.8, 4) is 0 Å². The first-order valence-corrected chi connectivity index (χ1v) is 5.68. The molecule has 0 aliphatic carbocycles. The molecule has 2 nitrogen and oxygen atoms in total. The second-order valence-electron chi connectivity index (χ2n) is 4.42. The smallest absolute Gasteiger partial charge is 0.159 e. The van der Waals surface area contributed by atoms with Crippen molar-refractivity contribution in [1.29, 1.82) is 0 Å². The minimum absolute atomic E-state index is 0.0771. The molecule has 0 heterocycles. The molecule has 0 saturated heterocycles. The van der Waals surface area contributed by atoms with Crippen LogP contribution in [0.3, 0.4) is 0 Å². The van der Waals surface area contributed by atoms with Gasteiger partial charge in [-0.2, -0.15) is 12.6 Å². The van der Waals surface area contributed by atoms with E-state index in [2.05, 4.69) is 17.9 Å². The molecule has 0 unspecified atom stereocenters. The summed E-state index contributed by atoms with van der Waals surface area (Å²) in [5.41, 5.74) is 0.518. The number of Topliss-reactive ketones (excluding diaryl/α,β-unsaturated/α-hetero) is 1. The molecule has 0 spiro atoms. The van der Waals surface area contributed by atoms with Crippen LogP contribution in [-0.2, 0) is 0 Å². The Morgan fingerprint density at radius 1 is 1.50 bits per heavy atom. The van der Waals surface area contributed by atoms with Gasteiger partial charge in [-0.3, -0.25) is 4.79 Å². The molecule has 88 valence electrons. The molecular formula is C12H16FNOS. The first-order valence-electron chi connectivity index (χ1n) is 5.05. The Hall–Kier alpha value is -1.03. The number of hydrogen-bond acceptors (Lipinski definition) is 3. The molecule has 1 N–H and O–H groups in total. The third kappa shape index (κ3) is 3.23. The summed E-state index contributed by atoms with van der Waals surface area (Å²) in [4.78, 5) is 11.2. The van der Waals surface area contributed by atoms with Crippen LogP contribution in [0, 0.1) is 5.82 Å². The topological polar surface area (TPSA) is 29.1 Å². The zero-order chi connectivity index (χ0) is 12.3. The number of benzene rings is 1. The van der Waals surface area contributed by atoms with Crippen molar-refractivity contribution in [3.05, 3.63) is 29.6 Å². The highest BCUT2D eigenvalue weighted by molar-refractivity contribution is 7.80. The van der Waals surface area contributed by atoms with Crippen LogP contribution in [0.2, 0.25) is 0 Å². The number of anilines is 1. The molecule has 0 aliphatic heterocycles. The van der Waals surface area contributed by atoms with Crippen LogP contribution in [0.1, 0.15) is 31.1 Å². The Morgan fingerprint density at radius 3 is 2.62 bits per heavy atom. The van der Waals surface area contributed by atoms with E-state index in [4.69, 9.17) is 0 Å². The summed E-state index contributed by atoms with van der Waals surface area (Å²) >= 11 is 4.18. The van der Waals surface area contributed by atoms with E-state index < -0.39 is 0 Å². The van der Waals surface area contributed by atoms with E-state index >= 15 is 0 Å². The summed E-state index contributed by atoms with van der Waals surface area (Å²) < 4.78 is 13.5. The number of ketones is 1. The summed E-state index contributed by atoms with van der Waals surface area (Å²) in [6.07, 6.45) is 0. The van der Waals surface area contributed by atoms with E-state index in [1.807, 2.05) is 13.8 Å². The molecule has 1 aromatic carbocycles. The average molecular weight is 241 g/mol. The van der Waals surface area contributed by atoms with Crippen molar-refractivity contribution in [2.45, 2.75) is 26.3 Å². The maximum absolute atomic E-state index is 13.5. The summed E-state index contributed by atoms with van der Waals surface area (Å²) in [6.45, 7) is 5.29. The lowest BCUT2D eigenvalue weighted by Crippen LogP contribution is -2.33. The second-order valence-corrected chi connectivity index (χ2v) is 4.73. The minimum atomic E-state index is -0.361. The van der Waals surface area contributed by atoms with Gasteiger partial charge in [-0.25, -0.2) is 4.39 Å². The molecule has 0 radical (unpaired) electrons. The number of thiol groups is 1. The van der Waals surface area contributed by atoms with Crippen molar-refractivity contribution in [2.75, 3.05) is 11.1 Å². The average Bonchev–Trinajstić information content (AvgIpc) is 2.21. The van der Waals surface area contributed by atoms with Gasteiger partial charge in [0.2, 0.25) is 0 Å². The Bertz CT molecular complexity index is 404. The van der Waals surface area contributed by atoms with E-state index in [1.165, 1.54) is 25.1 Å². The maximum Gasteiger partial charge on any atom is 0.159 e. The largest absolute Gasteiger partial charge is 0.377 e. The van der Waals surface area contributed by atoms with Gasteiger partial charge in [0.05, 0.1) is 5.69 Å². The summed E-state index contributed by atoms with van der Waals surface area (Å²) in [6, 6.07) is 4.31. The number of rotatable bonds is 4. The third-order valence-corrected chi connectivity index (χ3v) is 3.03. The standard InChI is InChI=1S/C12H16FNOS/c1-8(15)9-4-5-10(13)11(6-9)14-12(2,3)7-16/h4-6,14,16H,7H2,1-3H3. The monoisotopic (exact) mass is 241 g/mol. The van der Waals surface area contributed by atoms with Crippen LogP contribution in [-0.4, -0.2) is 17.1 Å². The number of hydrogen-bond donors (Lipinski definition) is 2. The Labute approximate surface area is 101 Å². The van der Waals surface area contributed by atoms with Crippen LogP contribution < -0.4 is 5.32 Å². The predicted octanol–water partition coefficient (Wildman–Crippen LogP) is 3.15. The van der Waals surface area contributed by atoms with Crippen LogP contribution >= 0.6 is 12.6 Å². The summed E-state index contributed by atoms with van der Waals surface area (Å²) in [5, 5.41) is 3.03. The minimum Gasteiger partial charge on any atom is -0.377 e. The van der Waals surface area contributed by atoms with Crippen molar-refractivity contribution in [1.82, 2.24) is 0 Å². The molecule has 0 aliphatic rings. The van der Waals surface area contributed by atoms with E-state index in [9.17, 15) is 9.18 Å². The van der Waals surface area contributed by atoms with Gasteiger partial charge in [0.15, 0.2) is 5.78 Å². The van der Waals surface area contributed by atoms with Crippen molar-refractivity contribution < 1.29 is 9.18 Å². The summed E-state index contributed by atoms with van der Waals surface area (Å²) in [7, 11) is 0. The van der Waals surface area contributed by atoms with Crippen LogP contribution in [0.5, 0.6) is 0 Å². The van der Waals surface area contributed by atoms with E-state index in [0.717, 1.165) is 0 Å². The van der Waals surface area contributed by atoms with Crippen molar-refractivity contribution >= 4 is 24.1 Å². The highest BCUT2D eigenvalue weighted by Crippen LogP contribution is 2.21. The molecule has 4 heteroatoms. The number of nitrogens with one attached hydrogen (secondary N) is 1. The van der Waals surface area contributed by atoms with Gasteiger partial charge in [0, 0.05) is 16.9 Å². The molecular weight excluding hydrogens is 225 g/mol. The van der Waals surface area contributed by atoms with Gasteiger partial charge in [0.25, 0.3) is 0 Å². The molecule has 1 rings (SSSR count). The maximum atomic E-state index is 13.5. The van der Waals surface area contributed by atoms with Crippen molar-refractivity contribution in [2.24, 2.45) is 0 Å². The lowest BCUT2D eigenvalue weighted by Gasteiger charge is -2.25. The Kier molecular flexibility index (Phi) is 3.97. The van der Waals surface area contributed by atoms with Crippen LogP contribution in [0.25, 0.3) is 0 Å². The van der Waals surface area contributed by atoms with E-state index in [-0.39, 0.29) is 17.1 Å². The van der Waals surface area contributed by atoms with Gasteiger partial charge in [-0.05, 0) is 39.0 Å². The van der Waals surface area contributed by atoms with Crippen LogP contribution in [0.15, 0.2) is 18.2 Å². The predicted molar refractivity (Wildman–Crippen MR) is 68.0 cm³/mol. The number of carbonyl (C=O) groups excluding carboxylic acids is 1. The SMILES string of the molecule is CC(=O)c1ccc(F)c(NC(C)(C)CS)c1. The van der Waals surface area contributed by atoms with E-state index in [1.54, 1.807) is 0 Å². The molecule has 0 bridgehead atoms. The lowest BCUT2D eigenvalue weighted by molar-refractivity contribution is 0.101. The van der Waals surface area contributed by atoms with Gasteiger partial charge < -0.3 is 5.32 Å². The molecule has 1 aromatic rings. The summed E-state index contributed by atoms with van der Waals surface area (Å²) in [5.74, 6) is 0.128. The normalized spacial score (nSPS) is 11.3. The van der Waals surface area contributed by atoms with Gasteiger partial charge >= 0.3 is 0 Å². The van der Waals surface area contributed by atoms with Gasteiger partial charge in [0.1, 0.15) is 5.82 Å². The highest BCUT2D eigenvalue weighted by atomic mass is 32.1. The zero-order valence-corrected chi connectivity index (χ0v) is 10.6. The first kappa shape index (κ1) is 13.0.